The minimum atomic E-state index is -1.15. The first-order valence-corrected chi connectivity index (χ1v) is 14.3. The number of esters is 1. The van der Waals surface area contributed by atoms with Crippen molar-refractivity contribution in [3.63, 3.8) is 0 Å². The number of amides is 1. The third-order valence-corrected chi connectivity index (χ3v) is 7.86. The first-order valence-electron chi connectivity index (χ1n) is 14.3. The van der Waals surface area contributed by atoms with Gasteiger partial charge in [0.15, 0.2) is 5.78 Å². The molecule has 1 atom stereocenters. The van der Waals surface area contributed by atoms with Gasteiger partial charge < -0.3 is 19.8 Å². The number of carbonyl (C=O) groups is 3. The molecule has 11 nitrogen and oxygen atoms in total. The first-order chi connectivity index (χ1) is 21.0. The molecule has 0 saturated heterocycles. The van der Waals surface area contributed by atoms with Gasteiger partial charge in [0, 0.05) is 47.4 Å². The summed E-state index contributed by atoms with van der Waals surface area (Å²) in [6, 6.07) is 10.0. The standard InChI is InChI=1S/C33H35N5O6/c1-6-14-37-23-9-8-21(43-5)15-20(23)16-22(31(37)41)26-27-24(17-33(3,4)18-25(27)39)38(29(34)28(26)32(42)44-7-2)36-30(40)19-10-12-35-13-11-19/h6,8-13,15-16,26H,1,7,14,17-18,34H2,2-5H3,(H,36,40). The fraction of sp³-hybridized carbons (Fsp3) is 0.303. The Balaban J connectivity index is 1.81. The number of hydrogen-bond donors (Lipinski definition) is 2. The second-order valence-corrected chi connectivity index (χ2v) is 11.5. The van der Waals surface area contributed by atoms with Gasteiger partial charge in [0.1, 0.15) is 11.6 Å². The van der Waals surface area contributed by atoms with Crippen molar-refractivity contribution in [3.05, 3.63) is 106 Å². The van der Waals surface area contributed by atoms with E-state index in [1.807, 2.05) is 13.8 Å². The van der Waals surface area contributed by atoms with Crippen LogP contribution in [0.2, 0.25) is 0 Å². The number of ketones is 1. The molecule has 0 bridgehead atoms. The fourth-order valence-corrected chi connectivity index (χ4v) is 5.96. The second kappa shape index (κ2) is 11.8. The van der Waals surface area contributed by atoms with Crippen LogP contribution in [0.5, 0.6) is 5.75 Å². The Morgan fingerprint density at radius 1 is 1.16 bits per heavy atom. The Morgan fingerprint density at radius 2 is 1.89 bits per heavy atom. The topological polar surface area (TPSA) is 146 Å². The number of ether oxygens (including phenoxy) is 2. The lowest BCUT2D eigenvalue weighted by Gasteiger charge is -2.43. The van der Waals surface area contributed by atoms with E-state index in [0.29, 0.717) is 34.3 Å². The van der Waals surface area contributed by atoms with Crippen LogP contribution in [-0.2, 0) is 20.9 Å². The molecule has 228 valence electrons. The molecule has 5 rings (SSSR count). The van der Waals surface area contributed by atoms with Gasteiger partial charge in [0.25, 0.3) is 11.5 Å². The Kier molecular flexibility index (Phi) is 8.14. The number of Topliss-reactive ketones (excluding diaryl/α,β-unsaturated/α-hetero) is 1. The number of nitrogens with two attached hydrogens (primary N) is 1. The largest absolute Gasteiger partial charge is 0.497 e. The lowest BCUT2D eigenvalue weighted by molar-refractivity contribution is -0.139. The Morgan fingerprint density at radius 3 is 2.55 bits per heavy atom. The van der Waals surface area contributed by atoms with Crippen LogP contribution in [0.3, 0.4) is 0 Å². The van der Waals surface area contributed by atoms with Crippen LogP contribution < -0.4 is 21.5 Å². The second-order valence-electron chi connectivity index (χ2n) is 11.5. The van der Waals surface area contributed by atoms with E-state index in [1.54, 1.807) is 44.4 Å². The lowest BCUT2D eigenvalue weighted by atomic mass is 9.69. The number of pyridine rings is 2. The highest BCUT2D eigenvalue weighted by molar-refractivity contribution is 6.04. The van der Waals surface area contributed by atoms with Gasteiger partial charge in [-0.05, 0) is 55.2 Å². The van der Waals surface area contributed by atoms with Gasteiger partial charge >= 0.3 is 5.97 Å². The zero-order valence-electron chi connectivity index (χ0n) is 25.2. The van der Waals surface area contributed by atoms with Crippen LogP contribution >= 0.6 is 0 Å². The van der Waals surface area contributed by atoms with E-state index in [2.05, 4.69) is 17.0 Å². The highest BCUT2D eigenvalue weighted by Gasteiger charge is 2.47. The normalized spacial score (nSPS) is 17.8. The fourth-order valence-electron chi connectivity index (χ4n) is 5.96. The van der Waals surface area contributed by atoms with Crippen LogP contribution in [0, 0.1) is 5.41 Å². The molecular formula is C33H35N5O6. The molecule has 1 unspecified atom stereocenters. The molecular weight excluding hydrogens is 562 g/mol. The van der Waals surface area contributed by atoms with Gasteiger partial charge in [-0.25, -0.2) is 9.80 Å². The summed E-state index contributed by atoms with van der Waals surface area (Å²) in [6.45, 7) is 9.53. The highest BCUT2D eigenvalue weighted by Crippen LogP contribution is 2.48. The summed E-state index contributed by atoms with van der Waals surface area (Å²) in [5.41, 5.74) is 10.2. The summed E-state index contributed by atoms with van der Waals surface area (Å²) in [5.74, 6) is -2.31. The Hall–Kier alpha value is -5.19. The molecule has 3 heterocycles. The zero-order chi connectivity index (χ0) is 31.8. The van der Waals surface area contributed by atoms with Crippen molar-refractivity contribution in [2.45, 2.75) is 46.1 Å². The SMILES string of the molecule is C=CCn1c(=O)c(C2C(C(=O)OCC)=C(N)N(NC(=O)c3ccncc3)C3=C2C(=O)CC(C)(C)C3)cc2cc(OC)ccc21. The minimum absolute atomic E-state index is 0.0220. The van der Waals surface area contributed by atoms with E-state index in [1.165, 1.54) is 34.1 Å². The Bertz CT molecular complexity index is 1800. The summed E-state index contributed by atoms with van der Waals surface area (Å²) in [4.78, 5) is 59.3. The van der Waals surface area contributed by atoms with E-state index in [0.717, 1.165) is 0 Å². The van der Waals surface area contributed by atoms with E-state index < -0.39 is 28.8 Å². The third-order valence-electron chi connectivity index (χ3n) is 7.86. The molecule has 3 aromatic rings. The summed E-state index contributed by atoms with van der Waals surface area (Å²) in [7, 11) is 1.54. The molecule has 1 aliphatic heterocycles. The molecule has 2 aromatic heterocycles. The number of allylic oxidation sites excluding steroid dienone is 3. The maximum atomic E-state index is 14.3. The number of hydrazine groups is 1. The van der Waals surface area contributed by atoms with Gasteiger partial charge in [-0.3, -0.25) is 24.8 Å². The van der Waals surface area contributed by atoms with E-state index in [4.69, 9.17) is 15.2 Å². The molecule has 0 fully saturated rings. The van der Waals surface area contributed by atoms with Crippen molar-refractivity contribution in [1.82, 2.24) is 20.0 Å². The predicted molar refractivity (Wildman–Crippen MR) is 164 cm³/mol. The summed E-state index contributed by atoms with van der Waals surface area (Å²) in [6.07, 6.45) is 5.05. The number of nitrogens with one attached hydrogen (secondary N) is 1. The van der Waals surface area contributed by atoms with Crippen molar-refractivity contribution >= 4 is 28.6 Å². The van der Waals surface area contributed by atoms with Gasteiger partial charge in [0.2, 0.25) is 0 Å². The molecule has 1 amide bonds. The number of methoxy groups -OCH3 is 1. The van der Waals surface area contributed by atoms with Crippen molar-refractivity contribution in [2.75, 3.05) is 13.7 Å². The van der Waals surface area contributed by atoms with Gasteiger partial charge in [-0.15, -0.1) is 6.58 Å². The van der Waals surface area contributed by atoms with E-state index >= 15 is 0 Å². The highest BCUT2D eigenvalue weighted by atomic mass is 16.5. The van der Waals surface area contributed by atoms with Crippen LogP contribution in [0.4, 0.5) is 0 Å². The number of aromatic nitrogens is 2. The van der Waals surface area contributed by atoms with Crippen LogP contribution in [-0.4, -0.2) is 45.9 Å². The monoisotopic (exact) mass is 597 g/mol. The van der Waals surface area contributed by atoms with E-state index in [9.17, 15) is 19.2 Å². The number of nitrogens with zero attached hydrogens (tertiary/aromatic N) is 3. The summed E-state index contributed by atoms with van der Waals surface area (Å²) >= 11 is 0. The van der Waals surface area contributed by atoms with E-state index in [-0.39, 0.29) is 47.9 Å². The molecule has 3 N–H and O–H groups in total. The first kappa shape index (κ1) is 30.3. The van der Waals surface area contributed by atoms with Crippen LogP contribution in [0.1, 0.15) is 55.5 Å². The Labute approximate surface area is 254 Å². The maximum Gasteiger partial charge on any atom is 0.338 e. The van der Waals surface area contributed by atoms with Gasteiger partial charge in [-0.1, -0.05) is 19.9 Å². The van der Waals surface area contributed by atoms with Crippen LogP contribution in [0.15, 0.2) is 88.9 Å². The third kappa shape index (κ3) is 5.36. The molecule has 0 radical (unpaired) electrons. The average Bonchev–Trinajstić information content (AvgIpc) is 2.99. The molecule has 44 heavy (non-hydrogen) atoms. The van der Waals surface area contributed by atoms with Crippen molar-refractivity contribution in [1.29, 1.82) is 0 Å². The smallest absolute Gasteiger partial charge is 0.338 e. The number of benzene rings is 1. The molecule has 11 heteroatoms. The minimum Gasteiger partial charge on any atom is -0.497 e. The van der Waals surface area contributed by atoms with Crippen molar-refractivity contribution in [2.24, 2.45) is 11.1 Å². The number of rotatable bonds is 8. The van der Waals surface area contributed by atoms with Crippen molar-refractivity contribution < 1.29 is 23.9 Å². The molecule has 1 aromatic carbocycles. The van der Waals surface area contributed by atoms with Crippen molar-refractivity contribution in [3.8, 4) is 5.75 Å². The van der Waals surface area contributed by atoms with Crippen LogP contribution in [0.25, 0.3) is 10.9 Å². The van der Waals surface area contributed by atoms with Gasteiger partial charge in [0.05, 0.1) is 36.4 Å². The molecule has 0 saturated carbocycles. The maximum absolute atomic E-state index is 14.3. The molecule has 1 aliphatic carbocycles. The summed E-state index contributed by atoms with van der Waals surface area (Å²) < 4.78 is 12.4. The number of fused-ring (bicyclic) bond motifs is 1. The summed E-state index contributed by atoms with van der Waals surface area (Å²) in [5, 5.41) is 1.95. The zero-order valence-corrected chi connectivity index (χ0v) is 25.2. The number of carbonyl (C=O) groups excluding carboxylic acids is 3. The average molecular weight is 598 g/mol. The molecule has 0 spiro atoms. The predicted octanol–water partition coefficient (Wildman–Crippen LogP) is 3.71. The number of hydrogen-bond acceptors (Lipinski definition) is 9. The quantitative estimate of drug-likeness (QED) is 0.293. The lowest BCUT2D eigenvalue weighted by Crippen LogP contribution is -2.51. The van der Waals surface area contributed by atoms with Gasteiger partial charge in [-0.2, -0.15) is 0 Å². The molecule has 2 aliphatic rings.